The molecule has 5 heteroatoms. The van der Waals surface area contributed by atoms with Gasteiger partial charge in [-0.05, 0) is 29.2 Å². The molecule has 3 nitrogen and oxygen atoms in total. The van der Waals surface area contributed by atoms with Crippen molar-refractivity contribution < 1.29 is 4.74 Å². The molecule has 0 aliphatic rings. The van der Waals surface area contributed by atoms with Crippen LogP contribution >= 0.6 is 34.1 Å². The maximum Gasteiger partial charge on any atom is 0.203 e. The van der Waals surface area contributed by atoms with Gasteiger partial charge in [-0.3, -0.25) is 0 Å². The molecule has 0 aliphatic carbocycles. The van der Waals surface area contributed by atoms with E-state index in [9.17, 15) is 0 Å². The van der Waals surface area contributed by atoms with Gasteiger partial charge in [-0.15, -0.1) is 0 Å². The SMILES string of the molecule is COc1cccc(Cc2nc(I)ns2)c1. The number of nitrogens with zero attached hydrogens (tertiary/aromatic N) is 2. The van der Waals surface area contributed by atoms with Gasteiger partial charge in [0.05, 0.1) is 7.11 Å². The monoisotopic (exact) mass is 332 g/mol. The molecule has 0 saturated heterocycles. The highest BCUT2D eigenvalue weighted by Crippen LogP contribution is 2.17. The standard InChI is InChI=1S/C10H9IN2OS/c1-14-8-4-2-3-7(5-8)6-9-12-10(11)13-15-9/h2-5H,6H2,1H3. The summed E-state index contributed by atoms with van der Waals surface area (Å²) in [7, 11) is 1.67. The molecule has 0 unspecified atom stereocenters. The Bertz CT molecular complexity index is 458. The Morgan fingerprint density at radius 3 is 3.00 bits per heavy atom. The summed E-state index contributed by atoms with van der Waals surface area (Å²) in [5.74, 6) is 0.881. The van der Waals surface area contributed by atoms with Crippen LogP contribution in [0.15, 0.2) is 24.3 Å². The summed E-state index contributed by atoms with van der Waals surface area (Å²) in [4.78, 5) is 4.31. The van der Waals surface area contributed by atoms with Crippen molar-refractivity contribution >= 4 is 34.1 Å². The lowest BCUT2D eigenvalue weighted by Gasteiger charge is -2.01. The van der Waals surface area contributed by atoms with E-state index in [1.807, 2.05) is 18.2 Å². The van der Waals surface area contributed by atoms with Gasteiger partial charge in [0.15, 0.2) is 0 Å². The van der Waals surface area contributed by atoms with Crippen LogP contribution in [0.2, 0.25) is 0 Å². The number of hydrogen-bond donors (Lipinski definition) is 0. The lowest BCUT2D eigenvalue weighted by atomic mass is 10.1. The Balaban J connectivity index is 2.16. The summed E-state index contributed by atoms with van der Waals surface area (Å²) >= 11 is 3.57. The molecule has 15 heavy (non-hydrogen) atoms. The fourth-order valence-electron chi connectivity index (χ4n) is 1.26. The van der Waals surface area contributed by atoms with Crippen LogP contribution in [0.25, 0.3) is 0 Å². The molecule has 1 aromatic carbocycles. The van der Waals surface area contributed by atoms with Crippen molar-refractivity contribution in [3.63, 3.8) is 0 Å². The molecule has 0 spiro atoms. The Morgan fingerprint density at radius 1 is 1.47 bits per heavy atom. The Kier molecular flexibility index (Phi) is 3.53. The van der Waals surface area contributed by atoms with Crippen molar-refractivity contribution in [1.29, 1.82) is 0 Å². The van der Waals surface area contributed by atoms with Crippen LogP contribution in [0.3, 0.4) is 0 Å². The second-order valence-corrected chi connectivity index (χ2v) is 4.79. The average molecular weight is 332 g/mol. The zero-order valence-electron chi connectivity index (χ0n) is 8.11. The lowest BCUT2D eigenvalue weighted by Crippen LogP contribution is -1.89. The van der Waals surface area contributed by atoms with E-state index in [4.69, 9.17) is 4.74 Å². The van der Waals surface area contributed by atoms with Gasteiger partial charge in [0.25, 0.3) is 0 Å². The highest BCUT2D eigenvalue weighted by Gasteiger charge is 2.03. The van der Waals surface area contributed by atoms with Crippen molar-refractivity contribution in [2.45, 2.75) is 6.42 Å². The molecule has 0 bridgehead atoms. The third-order valence-corrected chi connectivity index (χ3v) is 3.45. The maximum atomic E-state index is 5.16. The zero-order chi connectivity index (χ0) is 10.7. The molecule has 0 radical (unpaired) electrons. The van der Waals surface area contributed by atoms with E-state index in [2.05, 4.69) is 38.0 Å². The predicted molar refractivity (Wildman–Crippen MR) is 68.4 cm³/mol. The highest BCUT2D eigenvalue weighted by molar-refractivity contribution is 14.1. The minimum absolute atomic E-state index is 0.815. The molecule has 2 aromatic rings. The Labute approximate surface area is 106 Å². The van der Waals surface area contributed by atoms with E-state index in [0.29, 0.717) is 0 Å². The van der Waals surface area contributed by atoms with Crippen molar-refractivity contribution in [3.8, 4) is 5.75 Å². The highest BCUT2D eigenvalue weighted by atomic mass is 127. The van der Waals surface area contributed by atoms with Gasteiger partial charge in [0.2, 0.25) is 3.83 Å². The van der Waals surface area contributed by atoms with E-state index < -0.39 is 0 Å². The fourth-order valence-corrected chi connectivity index (χ4v) is 2.59. The van der Waals surface area contributed by atoms with Crippen molar-refractivity contribution in [2.75, 3.05) is 7.11 Å². The summed E-state index contributed by atoms with van der Waals surface area (Å²) in [5.41, 5.74) is 1.20. The molecule has 2 rings (SSSR count). The smallest absolute Gasteiger partial charge is 0.203 e. The average Bonchev–Trinajstić information content (AvgIpc) is 2.64. The van der Waals surface area contributed by atoms with Crippen LogP contribution in [0, 0.1) is 3.83 Å². The van der Waals surface area contributed by atoms with Crippen LogP contribution in [-0.2, 0) is 6.42 Å². The molecule has 0 saturated carbocycles. The first kappa shape index (κ1) is 10.8. The van der Waals surface area contributed by atoms with Gasteiger partial charge < -0.3 is 4.74 Å². The second-order valence-electron chi connectivity index (χ2n) is 2.99. The predicted octanol–water partition coefficient (Wildman–Crippen LogP) is 2.74. The third kappa shape index (κ3) is 2.88. The molecule has 0 aliphatic heterocycles. The van der Waals surface area contributed by atoms with E-state index in [1.165, 1.54) is 17.1 Å². The van der Waals surface area contributed by atoms with E-state index in [1.54, 1.807) is 7.11 Å². The first-order valence-corrected chi connectivity index (χ1v) is 6.24. The fraction of sp³-hybridized carbons (Fsp3) is 0.200. The van der Waals surface area contributed by atoms with Crippen molar-refractivity contribution in [3.05, 3.63) is 38.7 Å². The minimum Gasteiger partial charge on any atom is -0.497 e. The molecule has 0 amide bonds. The summed E-state index contributed by atoms with van der Waals surface area (Å²) in [6.45, 7) is 0. The molecule has 0 fully saturated rings. The number of aromatic nitrogens is 2. The van der Waals surface area contributed by atoms with Crippen LogP contribution in [-0.4, -0.2) is 16.5 Å². The number of halogens is 1. The molecule has 1 heterocycles. The van der Waals surface area contributed by atoms with Gasteiger partial charge in [0, 0.05) is 29.0 Å². The molecule has 0 atom stereocenters. The quantitative estimate of drug-likeness (QED) is 0.811. The van der Waals surface area contributed by atoms with E-state index in [0.717, 1.165) is 21.0 Å². The molecule has 0 N–H and O–H groups in total. The number of ether oxygens (including phenoxy) is 1. The van der Waals surface area contributed by atoms with Gasteiger partial charge in [-0.2, -0.15) is 4.37 Å². The third-order valence-electron chi connectivity index (χ3n) is 1.93. The van der Waals surface area contributed by atoms with E-state index >= 15 is 0 Å². The topological polar surface area (TPSA) is 35.0 Å². The van der Waals surface area contributed by atoms with Gasteiger partial charge in [-0.1, -0.05) is 12.1 Å². The normalized spacial score (nSPS) is 10.3. The van der Waals surface area contributed by atoms with Gasteiger partial charge in [0.1, 0.15) is 10.8 Å². The molecule has 1 aromatic heterocycles. The summed E-state index contributed by atoms with van der Waals surface area (Å²) in [6, 6.07) is 8.01. The summed E-state index contributed by atoms with van der Waals surface area (Å²) < 4.78 is 10.1. The number of rotatable bonds is 3. The lowest BCUT2D eigenvalue weighted by molar-refractivity contribution is 0.414. The number of benzene rings is 1. The first-order valence-electron chi connectivity index (χ1n) is 4.39. The zero-order valence-corrected chi connectivity index (χ0v) is 11.1. The molecule has 78 valence electrons. The largest absolute Gasteiger partial charge is 0.497 e. The van der Waals surface area contributed by atoms with E-state index in [-0.39, 0.29) is 0 Å². The van der Waals surface area contributed by atoms with Crippen molar-refractivity contribution in [1.82, 2.24) is 9.36 Å². The molecular formula is C10H9IN2OS. The second kappa shape index (κ2) is 4.89. The maximum absolute atomic E-state index is 5.16. The summed E-state index contributed by atoms with van der Waals surface area (Å²) in [5, 5.41) is 1.03. The first-order chi connectivity index (χ1) is 7.28. The van der Waals surface area contributed by atoms with Crippen LogP contribution < -0.4 is 4.74 Å². The Hall–Kier alpha value is -0.690. The van der Waals surface area contributed by atoms with Gasteiger partial charge in [-0.25, -0.2) is 4.98 Å². The minimum atomic E-state index is 0.815. The van der Waals surface area contributed by atoms with Gasteiger partial charge >= 0.3 is 0 Å². The van der Waals surface area contributed by atoms with Crippen LogP contribution in [0.1, 0.15) is 10.6 Å². The Morgan fingerprint density at radius 2 is 2.33 bits per heavy atom. The van der Waals surface area contributed by atoms with Crippen LogP contribution in [0.5, 0.6) is 5.75 Å². The molecular weight excluding hydrogens is 323 g/mol. The summed E-state index contributed by atoms with van der Waals surface area (Å²) in [6.07, 6.45) is 0.817. The number of methoxy groups -OCH3 is 1. The number of hydrogen-bond acceptors (Lipinski definition) is 4. The van der Waals surface area contributed by atoms with Crippen molar-refractivity contribution in [2.24, 2.45) is 0 Å². The van der Waals surface area contributed by atoms with Crippen LogP contribution in [0.4, 0.5) is 0 Å².